The van der Waals surface area contributed by atoms with Gasteiger partial charge in [0.2, 0.25) is 0 Å². The van der Waals surface area contributed by atoms with Crippen LogP contribution >= 0.6 is 0 Å². The number of benzene rings is 10. The molecular formula is C59H37NO. The molecule has 0 aliphatic heterocycles. The van der Waals surface area contributed by atoms with Crippen LogP contribution in [0.15, 0.2) is 228 Å². The third-order valence-electron chi connectivity index (χ3n) is 10.6. The summed E-state index contributed by atoms with van der Waals surface area (Å²) in [5.74, 6) is 0. The Morgan fingerprint density at radius 1 is 0.328 bits per heavy atom. The van der Waals surface area contributed by atoms with Crippen LogP contribution in [0, 0.1) is 0 Å². The molecule has 1 aromatic heterocycles. The van der Waals surface area contributed by atoms with E-state index in [4.69, 9.17) is 29.1 Å². The van der Waals surface area contributed by atoms with Gasteiger partial charge in [-0.2, -0.15) is 0 Å². The Labute approximate surface area is 406 Å². The zero-order chi connectivity index (χ0) is 72.3. The smallest absolute Gasteiger partial charge is 0.159 e. The van der Waals surface area contributed by atoms with Crippen molar-refractivity contribution in [2.75, 3.05) is 4.90 Å². The molecule has 0 amide bonds. The first-order valence-corrected chi connectivity index (χ1v) is 18.1. The number of para-hydroxylation sites is 1. The highest BCUT2D eigenvalue weighted by atomic mass is 16.3. The van der Waals surface area contributed by atoms with Gasteiger partial charge in [-0.1, -0.05) is 187 Å². The Morgan fingerprint density at radius 2 is 0.820 bits per heavy atom. The van der Waals surface area contributed by atoms with Gasteiger partial charge in [-0.25, -0.2) is 0 Å². The lowest BCUT2D eigenvalue weighted by Gasteiger charge is -2.31. The lowest BCUT2D eigenvalue weighted by molar-refractivity contribution is 0.673. The predicted molar refractivity (Wildman–Crippen MR) is 253 cm³/mol. The largest absolute Gasteiger partial charge is 0.453 e. The number of hydrogen-bond donors (Lipinski definition) is 0. The highest BCUT2D eigenvalue weighted by Gasteiger charge is 2.51. The number of furan rings is 1. The van der Waals surface area contributed by atoms with Gasteiger partial charge in [-0.05, 0) is 108 Å². The van der Waals surface area contributed by atoms with E-state index in [9.17, 15) is 26.0 Å². The first kappa shape index (κ1) is 13.8. The second kappa shape index (κ2) is 13.0. The Bertz CT molecular complexity index is 5580. The second-order valence-electron chi connectivity index (χ2n) is 13.5. The summed E-state index contributed by atoms with van der Waals surface area (Å²) in [7, 11) is 0. The number of fused-ring (bicyclic) bond motifs is 15. The van der Waals surface area contributed by atoms with Crippen molar-refractivity contribution in [1.29, 1.82) is 0 Å². The minimum Gasteiger partial charge on any atom is -0.453 e. The third kappa shape index (κ3) is 4.79. The van der Waals surface area contributed by atoms with E-state index in [0.717, 1.165) is 0 Å². The maximum Gasteiger partial charge on any atom is 0.159 e. The Balaban J connectivity index is 1.30. The van der Waals surface area contributed by atoms with E-state index in [1.54, 1.807) is 0 Å². The molecule has 1 heterocycles. The van der Waals surface area contributed by atoms with Crippen molar-refractivity contribution in [1.82, 2.24) is 0 Å². The van der Waals surface area contributed by atoms with Gasteiger partial charge in [-0.3, -0.25) is 0 Å². The Kier molecular flexibility index (Phi) is 2.95. The van der Waals surface area contributed by atoms with Crippen molar-refractivity contribution < 1.29 is 55.1 Å². The lowest BCUT2D eigenvalue weighted by Crippen LogP contribution is -2.25. The molecule has 0 saturated carbocycles. The average molecular weight is 813 g/mol. The normalized spacial score (nSPS) is 21.5. The summed E-state index contributed by atoms with van der Waals surface area (Å²) >= 11 is 0. The topological polar surface area (TPSA) is 16.4 Å². The molecule has 0 atom stereocenters. The van der Waals surface area contributed by atoms with Crippen LogP contribution in [-0.4, -0.2) is 0 Å². The summed E-state index contributed by atoms with van der Waals surface area (Å²) < 4.78 is 350. The molecule has 61 heavy (non-hydrogen) atoms. The van der Waals surface area contributed by atoms with Gasteiger partial charge in [0, 0.05) is 27.5 Å². The molecule has 1 spiro atoms. The summed E-state index contributed by atoms with van der Waals surface area (Å²) in [6.07, 6.45) is 0. The molecule has 0 bridgehead atoms. The number of rotatable bonds is 5. The fourth-order valence-electron chi connectivity index (χ4n) is 8.12. The van der Waals surface area contributed by atoms with Gasteiger partial charge in [0.1, 0.15) is 5.58 Å². The Hall–Kier alpha value is -7.94. The van der Waals surface area contributed by atoms with E-state index in [1.807, 2.05) is 0 Å². The van der Waals surface area contributed by atoms with Crippen LogP contribution in [0.5, 0.6) is 0 Å². The van der Waals surface area contributed by atoms with E-state index >= 15 is 0 Å². The highest BCUT2D eigenvalue weighted by Crippen LogP contribution is 2.63. The maximum atomic E-state index is 10.7. The van der Waals surface area contributed by atoms with Crippen LogP contribution in [0.1, 0.15) is 73.0 Å². The van der Waals surface area contributed by atoms with E-state index in [0.29, 0.717) is 4.90 Å². The van der Waals surface area contributed by atoms with E-state index in [-0.39, 0.29) is 0 Å². The van der Waals surface area contributed by atoms with Crippen LogP contribution in [-0.2, 0) is 5.41 Å². The van der Waals surface area contributed by atoms with Crippen molar-refractivity contribution >= 4 is 49.8 Å². The second-order valence-corrected chi connectivity index (χ2v) is 13.5. The number of anilines is 3. The van der Waals surface area contributed by atoms with E-state index in [2.05, 4.69) is 0 Å². The van der Waals surface area contributed by atoms with Crippen LogP contribution in [0.3, 0.4) is 0 Å². The molecule has 0 saturated heterocycles. The Morgan fingerprint density at radius 3 is 1.49 bits per heavy atom. The van der Waals surface area contributed by atoms with Crippen molar-refractivity contribution in [3.8, 4) is 44.5 Å². The fourth-order valence-corrected chi connectivity index (χ4v) is 8.12. The van der Waals surface area contributed by atoms with Crippen molar-refractivity contribution in [3.63, 3.8) is 0 Å². The first-order chi connectivity index (χ1) is 45.7. The number of nitrogens with zero attached hydrogens (tertiary/aromatic N) is 1. The molecule has 2 aliphatic carbocycles. The molecule has 0 fully saturated rings. The van der Waals surface area contributed by atoms with Gasteiger partial charge in [0.25, 0.3) is 0 Å². The van der Waals surface area contributed by atoms with Crippen LogP contribution in [0.25, 0.3) is 77.2 Å². The first-order valence-electron chi connectivity index (χ1n) is 36.6. The minimum absolute atomic E-state index is 0.336. The molecule has 0 unspecified atom stereocenters. The van der Waals surface area contributed by atoms with Crippen molar-refractivity contribution in [3.05, 3.63) is 246 Å². The molecule has 2 aliphatic rings. The molecule has 284 valence electrons. The molecule has 10 aromatic carbocycles. The monoisotopic (exact) mass is 813 g/mol. The zero-order valence-corrected chi connectivity index (χ0v) is 30.4. The van der Waals surface area contributed by atoms with Gasteiger partial charge >= 0.3 is 0 Å². The predicted octanol–water partition coefficient (Wildman–Crippen LogP) is 15.9. The molecule has 11 aromatic rings. The van der Waals surface area contributed by atoms with Crippen molar-refractivity contribution in [2.45, 2.75) is 5.41 Å². The van der Waals surface area contributed by atoms with Gasteiger partial charge in [-0.15, -0.1) is 0 Å². The van der Waals surface area contributed by atoms with E-state index < -0.39 is 346 Å². The fraction of sp³-hybridized carbons (Fsp3) is 0.0169. The standard InChI is InChI=1S/C59H37NO/c1-3-16-38(17-4-1)39-30-32-41(33-31-39)60(56-29-15-25-48-51-37-49(40-18-5-2-6-19-40)43-20-7-8-24-47(43)57(51)61-58(48)56)42-34-35-55-50(36-42)46-23-11-14-28-54(46)59(55)52-26-12-9-21-44(52)45-22-10-13-27-53(45)59/h1-37H/i1D,2D,3D,4D,5D,6D,7D,8D,9D,10D,11D,12D,13D,14D,15D,16D,17D,18D,19D,20D,21D,22D,23D,24D,25D,26D,27D,28D,29D,30D,31D,32D,33D,34D,35D,36D,37D. The van der Waals surface area contributed by atoms with Crippen LogP contribution < -0.4 is 4.90 Å². The SMILES string of the molecule is [2H]c1c([2H])c([2H])c(-c2c([2H])c([2H])c(N(c3c([2H])c([2H])c4c(c3[2H])-c3c([2H])c([2H])c([2H])c([2H])c3C43c4c([2H])c([2H])c([2H])c([2H])c4-c4c([2H])c([2H])c([2H])c([2H])c43)c3c([2H])c([2H])c([2H])c4c3oc3c5c([2H])c([2H])c([2H])c([2H])c5c(-c5c([2H])c([2H])c([2H])c([2H])c5[2H])c([2H])c34)c([2H])c2[2H])c([2H])c1[2H]. The molecule has 2 heteroatoms. The number of hydrogen-bond acceptors (Lipinski definition) is 2. The van der Waals surface area contributed by atoms with Crippen LogP contribution in [0.2, 0.25) is 0 Å². The maximum absolute atomic E-state index is 10.7. The zero-order valence-electron chi connectivity index (χ0n) is 67.4. The van der Waals surface area contributed by atoms with E-state index in [1.165, 1.54) is 0 Å². The molecule has 2 nitrogen and oxygen atoms in total. The minimum atomic E-state index is -3.00. The molecule has 13 rings (SSSR count). The quantitative estimate of drug-likeness (QED) is 0.172. The summed E-state index contributed by atoms with van der Waals surface area (Å²) in [4.78, 5) is 0.336. The summed E-state index contributed by atoms with van der Waals surface area (Å²) in [6.45, 7) is 0. The van der Waals surface area contributed by atoms with Gasteiger partial charge in [0.15, 0.2) is 5.58 Å². The summed E-state index contributed by atoms with van der Waals surface area (Å²) in [5.41, 5.74) is -18.5. The van der Waals surface area contributed by atoms with Gasteiger partial charge in [0.05, 0.1) is 61.8 Å². The molecular weight excluding hydrogens is 739 g/mol. The third-order valence-corrected chi connectivity index (χ3v) is 10.6. The summed E-state index contributed by atoms with van der Waals surface area (Å²) in [6, 6.07) is -40.5. The van der Waals surface area contributed by atoms with Gasteiger partial charge < -0.3 is 9.32 Å². The van der Waals surface area contributed by atoms with Crippen molar-refractivity contribution in [2.24, 2.45) is 0 Å². The average Bonchev–Trinajstić information content (AvgIpc) is 1.47. The molecule has 0 radical (unpaired) electrons. The highest BCUT2D eigenvalue weighted by molar-refractivity contribution is 6.21. The lowest BCUT2D eigenvalue weighted by atomic mass is 9.70. The molecule has 0 N–H and O–H groups in total. The summed E-state index contributed by atoms with van der Waals surface area (Å²) in [5, 5.41) is -3.12. The van der Waals surface area contributed by atoms with Crippen LogP contribution in [0.4, 0.5) is 17.1 Å².